The number of ether oxygens (including phenoxy) is 2. The Balaban J connectivity index is 1.74. The number of hydrogen-bond acceptors (Lipinski definition) is 4. The standard InChI is InChI=1S/C18H17F2NO4/c1-24-14-6-2-12(3-7-14)4-9-18(23)25-11-17(22)21-16-8-5-13(19)10-15(16)20/h2-3,5-8,10H,4,9,11H2,1H3,(H,21,22). The highest BCUT2D eigenvalue weighted by atomic mass is 19.1. The Hall–Kier alpha value is -2.96. The van der Waals surface area contributed by atoms with E-state index in [4.69, 9.17) is 9.47 Å². The maximum atomic E-state index is 13.4. The molecule has 0 spiro atoms. The lowest BCUT2D eigenvalue weighted by atomic mass is 10.1. The zero-order chi connectivity index (χ0) is 18.2. The fourth-order valence-electron chi connectivity index (χ4n) is 2.03. The van der Waals surface area contributed by atoms with Crippen LogP contribution in [0.5, 0.6) is 5.75 Å². The molecule has 0 saturated carbocycles. The molecule has 2 rings (SSSR count). The van der Waals surface area contributed by atoms with E-state index in [1.54, 1.807) is 19.2 Å². The van der Waals surface area contributed by atoms with Gasteiger partial charge in [-0.2, -0.15) is 0 Å². The number of carbonyl (C=O) groups is 2. The Morgan fingerprint density at radius 1 is 1.08 bits per heavy atom. The maximum Gasteiger partial charge on any atom is 0.306 e. The van der Waals surface area contributed by atoms with Crippen LogP contribution in [0.15, 0.2) is 42.5 Å². The molecule has 0 heterocycles. The van der Waals surface area contributed by atoms with Crippen molar-refractivity contribution in [2.24, 2.45) is 0 Å². The van der Waals surface area contributed by atoms with Crippen molar-refractivity contribution < 1.29 is 27.8 Å². The van der Waals surface area contributed by atoms with E-state index in [2.05, 4.69) is 5.32 Å². The average molecular weight is 349 g/mol. The molecule has 0 atom stereocenters. The predicted molar refractivity (Wildman–Crippen MR) is 87.3 cm³/mol. The fraction of sp³-hybridized carbons (Fsp3) is 0.222. The first-order chi connectivity index (χ1) is 12.0. The second-order valence-electron chi connectivity index (χ2n) is 5.18. The van der Waals surface area contributed by atoms with Crippen molar-refractivity contribution in [3.05, 3.63) is 59.7 Å². The number of nitrogens with one attached hydrogen (secondary N) is 1. The van der Waals surface area contributed by atoms with E-state index in [9.17, 15) is 18.4 Å². The Morgan fingerprint density at radius 2 is 1.80 bits per heavy atom. The molecule has 0 saturated heterocycles. The van der Waals surface area contributed by atoms with Crippen molar-refractivity contribution in [2.75, 3.05) is 19.0 Å². The molecule has 0 aliphatic carbocycles. The molecule has 0 unspecified atom stereocenters. The predicted octanol–water partition coefficient (Wildman–Crippen LogP) is 3.09. The molecule has 1 N–H and O–H groups in total. The zero-order valence-corrected chi connectivity index (χ0v) is 13.6. The molecule has 0 bridgehead atoms. The Morgan fingerprint density at radius 3 is 2.44 bits per heavy atom. The van der Waals surface area contributed by atoms with Gasteiger partial charge in [0.15, 0.2) is 6.61 Å². The second-order valence-corrected chi connectivity index (χ2v) is 5.18. The first-order valence-corrected chi connectivity index (χ1v) is 7.51. The lowest BCUT2D eigenvalue weighted by molar-refractivity contribution is -0.147. The topological polar surface area (TPSA) is 64.6 Å². The minimum Gasteiger partial charge on any atom is -0.497 e. The van der Waals surface area contributed by atoms with Gasteiger partial charge in [0.2, 0.25) is 0 Å². The highest BCUT2D eigenvalue weighted by molar-refractivity contribution is 5.92. The summed E-state index contributed by atoms with van der Waals surface area (Å²) >= 11 is 0. The molecule has 2 aromatic carbocycles. The number of amides is 1. The molecule has 25 heavy (non-hydrogen) atoms. The summed E-state index contributed by atoms with van der Waals surface area (Å²) in [6, 6.07) is 9.98. The minimum absolute atomic E-state index is 0.102. The first-order valence-electron chi connectivity index (χ1n) is 7.51. The summed E-state index contributed by atoms with van der Waals surface area (Å²) in [5.41, 5.74) is 0.747. The van der Waals surface area contributed by atoms with E-state index in [1.165, 1.54) is 0 Å². The molecule has 0 aliphatic heterocycles. The number of aryl methyl sites for hydroxylation is 1. The van der Waals surface area contributed by atoms with E-state index in [-0.39, 0.29) is 12.1 Å². The number of anilines is 1. The molecular weight excluding hydrogens is 332 g/mol. The van der Waals surface area contributed by atoms with Crippen LogP contribution in [-0.2, 0) is 20.7 Å². The van der Waals surface area contributed by atoms with Crippen molar-refractivity contribution in [2.45, 2.75) is 12.8 Å². The van der Waals surface area contributed by atoms with Gasteiger partial charge in [-0.3, -0.25) is 9.59 Å². The van der Waals surface area contributed by atoms with Gasteiger partial charge >= 0.3 is 5.97 Å². The number of carbonyl (C=O) groups excluding carboxylic acids is 2. The summed E-state index contributed by atoms with van der Waals surface area (Å²) in [5.74, 6) is -2.19. The summed E-state index contributed by atoms with van der Waals surface area (Å²) in [7, 11) is 1.56. The summed E-state index contributed by atoms with van der Waals surface area (Å²) in [4.78, 5) is 23.3. The molecule has 7 heteroatoms. The molecule has 0 aliphatic rings. The molecule has 0 aromatic heterocycles. The van der Waals surface area contributed by atoms with Gasteiger partial charge in [-0.25, -0.2) is 8.78 Å². The molecule has 2 aromatic rings. The summed E-state index contributed by atoms with van der Waals surface area (Å²) in [6.07, 6.45) is 0.557. The van der Waals surface area contributed by atoms with Gasteiger partial charge in [-0.05, 0) is 36.2 Å². The Bertz CT molecular complexity index is 747. The number of methoxy groups -OCH3 is 1. The molecule has 0 radical (unpaired) electrons. The van der Waals surface area contributed by atoms with E-state index in [0.717, 1.165) is 23.4 Å². The zero-order valence-electron chi connectivity index (χ0n) is 13.6. The highest BCUT2D eigenvalue weighted by Crippen LogP contribution is 2.15. The van der Waals surface area contributed by atoms with Crippen LogP contribution in [0.1, 0.15) is 12.0 Å². The third-order valence-electron chi connectivity index (χ3n) is 3.35. The molecule has 1 amide bonds. The van der Waals surface area contributed by atoms with Gasteiger partial charge in [0.25, 0.3) is 5.91 Å². The largest absolute Gasteiger partial charge is 0.497 e. The maximum absolute atomic E-state index is 13.4. The van der Waals surface area contributed by atoms with Crippen LogP contribution in [0, 0.1) is 11.6 Å². The number of benzene rings is 2. The van der Waals surface area contributed by atoms with E-state index >= 15 is 0 Å². The van der Waals surface area contributed by atoms with Crippen LogP contribution in [0.3, 0.4) is 0 Å². The van der Waals surface area contributed by atoms with Gasteiger partial charge < -0.3 is 14.8 Å². The smallest absolute Gasteiger partial charge is 0.306 e. The van der Waals surface area contributed by atoms with Crippen molar-refractivity contribution in [3.8, 4) is 5.75 Å². The van der Waals surface area contributed by atoms with Gasteiger partial charge in [0.05, 0.1) is 12.8 Å². The molecular formula is C18H17F2NO4. The first kappa shape index (κ1) is 18.4. The fourth-order valence-corrected chi connectivity index (χ4v) is 2.03. The monoisotopic (exact) mass is 349 g/mol. The number of rotatable bonds is 7. The lowest BCUT2D eigenvalue weighted by Gasteiger charge is -2.08. The van der Waals surface area contributed by atoms with E-state index in [0.29, 0.717) is 12.5 Å². The second kappa shape index (κ2) is 8.77. The lowest BCUT2D eigenvalue weighted by Crippen LogP contribution is -2.21. The van der Waals surface area contributed by atoms with Crippen molar-refractivity contribution in [1.29, 1.82) is 0 Å². The van der Waals surface area contributed by atoms with Crippen LogP contribution in [0.25, 0.3) is 0 Å². The van der Waals surface area contributed by atoms with Gasteiger partial charge in [0, 0.05) is 12.5 Å². The van der Waals surface area contributed by atoms with Crippen LogP contribution in [0.4, 0.5) is 14.5 Å². The van der Waals surface area contributed by atoms with Crippen molar-refractivity contribution in [3.63, 3.8) is 0 Å². The molecule has 132 valence electrons. The third kappa shape index (κ3) is 5.87. The van der Waals surface area contributed by atoms with E-state index in [1.807, 2.05) is 12.1 Å². The summed E-state index contributed by atoms with van der Waals surface area (Å²) < 4.78 is 36.1. The highest BCUT2D eigenvalue weighted by Gasteiger charge is 2.11. The molecule has 0 fully saturated rings. The van der Waals surface area contributed by atoms with Crippen molar-refractivity contribution in [1.82, 2.24) is 0 Å². The average Bonchev–Trinajstić information content (AvgIpc) is 2.61. The Kier molecular flexibility index (Phi) is 6.45. The number of halogens is 2. The third-order valence-corrected chi connectivity index (χ3v) is 3.35. The quantitative estimate of drug-likeness (QED) is 0.780. The van der Waals surface area contributed by atoms with Gasteiger partial charge in [0.1, 0.15) is 17.4 Å². The normalized spacial score (nSPS) is 10.2. The minimum atomic E-state index is -0.904. The van der Waals surface area contributed by atoms with Crippen LogP contribution >= 0.6 is 0 Å². The van der Waals surface area contributed by atoms with Crippen LogP contribution in [-0.4, -0.2) is 25.6 Å². The van der Waals surface area contributed by atoms with E-state index < -0.39 is 30.1 Å². The van der Waals surface area contributed by atoms with Gasteiger partial charge in [-0.15, -0.1) is 0 Å². The number of esters is 1. The van der Waals surface area contributed by atoms with Crippen LogP contribution in [0.2, 0.25) is 0 Å². The number of hydrogen-bond donors (Lipinski definition) is 1. The van der Waals surface area contributed by atoms with Crippen molar-refractivity contribution >= 4 is 17.6 Å². The summed E-state index contributed by atoms with van der Waals surface area (Å²) in [6.45, 7) is -0.543. The molecule has 5 nitrogen and oxygen atoms in total. The van der Waals surface area contributed by atoms with Gasteiger partial charge in [-0.1, -0.05) is 12.1 Å². The Labute approximate surface area is 143 Å². The summed E-state index contributed by atoms with van der Waals surface area (Å²) in [5, 5.41) is 2.21. The SMILES string of the molecule is COc1ccc(CCC(=O)OCC(=O)Nc2ccc(F)cc2F)cc1. The van der Waals surface area contributed by atoms with Crippen LogP contribution < -0.4 is 10.1 Å².